The molecule has 4 rings (SSSR count). The first-order valence-corrected chi connectivity index (χ1v) is 11.8. The SMILES string of the molecule is CCCCC1C(=O)[N@+](Cc2ccc(C#N)cc2)(c2cccc(Cl)c2)CC(=O)N1Cc1cnc[nH]1. The lowest BCUT2D eigenvalue weighted by Gasteiger charge is -2.45. The van der Waals surface area contributed by atoms with Gasteiger partial charge in [0.15, 0.2) is 6.54 Å². The Morgan fingerprint density at radius 3 is 2.68 bits per heavy atom. The molecule has 1 unspecified atom stereocenters. The topological polar surface area (TPSA) is 89.8 Å². The summed E-state index contributed by atoms with van der Waals surface area (Å²) < 4.78 is -0.140. The number of quaternary nitrogens is 1. The molecule has 2 aromatic carbocycles. The summed E-state index contributed by atoms with van der Waals surface area (Å²) in [5.41, 5.74) is 2.90. The summed E-state index contributed by atoms with van der Waals surface area (Å²) in [7, 11) is 0. The summed E-state index contributed by atoms with van der Waals surface area (Å²) in [6.45, 7) is 2.68. The number of aromatic amines is 1. The fourth-order valence-corrected chi connectivity index (χ4v) is 4.79. The molecule has 3 aromatic rings. The zero-order valence-electron chi connectivity index (χ0n) is 19.1. The predicted molar refractivity (Wildman–Crippen MR) is 130 cm³/mol. The van der Waals surface area contributed by atoms with Crippen molar-refractivity contribution in [2.45, 2.75) is 45.3 Å². The van der Waals surface area contributed by atoms with Crippen LogP contribution in [0.25, 0.3) is 0 Å². The van der Waals surface area contributed by atoms with Crippen LogP contribution in [-0.4, -0.2) is 39.3 Å². The van der Waals surface area contributed by atoms with Crippen LogP contribution in [0.5, 0.6) is 0 Å². The lowest BCUT2D eigenvalue weighted by molar-refractivity contribution is -0.156. The molecule has 1 aromatic heterocycles. The van der Waals surface area contributed by atoms with Crippen molar-refractivity contribution in [2.75, 3.05) is 6.54 Å². The molecule has 0 spiro atoms. The average molecular weight is 477 g/mol. The van der Waals surface area contributed by atoms with Gasteiger partial charge in [0.1, 0.15) is 18.3 Å². The summed E-state index contributed by atoms with van der Waals surface area (Å²) in [4.78, 5) is 36.8. The van der Waals surface area contributed by atoms with Crippen molar-refractivity contribution >= 4 is 29.1 Å². The molecule has 0 aliphatic carbocycles. The van der Waals surface area contributed by atoms with Gasteiger partial charge in [-0.05, 0) is 30.7 Å². The normalized spacial score (nSPS) is 20.4. The molecule has 7 nitrogen and oxygen atoms in total. The second kappa shape index (κ2) is 10.2. The van der Waals surface area contributed by atoms with Crippen LogP contribution in [-0.2, 0) is 22.7 Å². The van der Waals surface area contributed by atoms with E-state index in [1.165, 1.54) is 0 Å². The number of H-pyrrole nitrogens is 1. The standard InChI is InChI=1S/C26H27ClN5O2/c1-2-3-7-24-26(34)32(23-6-4-5-21(27)12-23,16-20-10-8-19(13-28)9-11-20)17-25(33)31(24)15-22-14-29-18-30-22/h4-6,8-12,14,18,24H,2-3,7,15-17H2,1H3,(H,29,30)/q+1/t24?,32-/m0/s1. The van der Waals surface area contributed by atoms with Crippen molar-refractivity contribution in [1.29, 1.82) is 5.26 Å². The Kier molecular flexibility index (Phi) is 7.11. The maximum absolute atomic E-state index is 14.3. The lowest BCUT2D eigenvalue weighted by atomic mass is 9.98. The Hall–Kier alpha value is -3.47. The molecule has 0 radical (unpaired) electrons. The second-order valence-electron chi connectivity index (χ2n) is 8.67. The number of halogens is 1. The first-order chi connectivity index (χ1) is 16.5. The van der Waals surface area contributed by atoms with Gasteiger partial charge in [0, 0.05) is 22.8 Å². The van der Waals surface area contributed by atoms with E-state index >= 15 is 0 Å². The first kappa shape index (κ1) is 23.7. The summed E-state index contributed by atoms with van der Waals surface area (Å²) in [5, 5.41) is 9.67. The maximum Gasteiger partial charge on any atom is 0.342 e. The van der Waals surface area contributed by atoms with Crippen molar-refractivity contribution in [1.82, 2.24) is 19.4 Å². The third-order valence-electron chi connectivity index (χ3n) is 6.37. The number of hydrogen-bond donors (Lipinski definition) is 1. The largest absolute Gasteiger partial charge is 0.347 e. The number of aromatic nitrogens is 2. The third kappa shape index (κ3) is 4.74. The van der Waals surface area contributed by atoms with E-state index in [4.69, 9.17) is 16.9 Å². The fourth-order valence-electron chi connectivity index (χ4n) is 4.60. The monoisotopic (exact) mass is 476 g/mol. The lowest BCUT2D eigenvalue weighted by Crippen LogP contribution is -2.70. The predicted octanol–water partition coefficient (Wildman–Crippen LogP) is 4.57. The van der Waals surface area contributed by atoms with E-state index in [-0.39, 0.29) is 22.8 Å². The number of rotatable bonds is 8. The highest BCUT2D eigenvalue weighted by Gasteiger charge is 2.53. The summed E-state index contributed by atoms with van der Waals surface area (Å²) in [6.07, 6.45) is 5.59. The molecule has 0 bridgehead atoms. The van der Waals surface area contributed by atoms with Crippen LogP contribution in [0.4, 0.5) is 5.69 Å². The molecule has 1 saturated heterocycles. The number of nitrogens with one attached hydrogen (secondary N) is 1. The van der Waals surface area contributed by atoms with Crippen molar-refractivity contribution in [3.8, 4) is 6.07 Å². The summed E-state index contributed by atoms with van der Waals surface area (Å²) in [5.74, 6) is -0.122. The number of piperazine rings is 1. The van der Waals surface area contributed by atoms with E-state index in [0.29, 0.717) is 35.8 Å². The smallest absolute Gasteiger partial charge is 0.342 e. The average Bonchev–Trinajstić information content (AvgIpc) is 3.36. The van der Waals surface area contributed by atoms with Gasteiger partial charge in [0.25, 0.3) is 5.91 Å². The molecule has 2 atom stereocenters. The second-order valence-corrected chi connectivity index (χ2v) is 9.10. The van der Waals surface area contributed by atoms with Gasteiger partial charge in [-0.3, -0.25) is 4.79 Å². The molecule has 34 heavy (non-hydrogen) atoms. The number of hydrogen-bond acceptors (Lipinski definition) is 4. The highest BCUT2D eigenvalue weighted by atomic mass is 35.5. The zero-order chi connectivity index (χ0) is 24.1. The van der Waals surface area contributed by atoms with Gasteiger partial charge in [0.2, 0.25) is 0 Å². The number of imidazole rings is 1. The van der Waals surface area contributed by atoms with E-state index < -0.39 is 6.04 Å². The van der Waals surface area contributed by atoms with Crippen LogP contribution in [0.2, 0.25) is 5.02 Å². The number of benzene rings is 2. The molecule has 2 amide bonds. The molecule has 2 heterocycles. The summed E-state index contributed by atoms with van der Waals surface area (Å²) >= 11 is 6.33. The molecule has 174 valence electrons. The van der Waals surface area contributed by atoms with Crippen LogP contribution >= 0.6 is 11.6 Å². The Morgan fingerprint density at radius 1 is 1.24 bits per heavy atom. The van der Waals surface area contributed by atoms with Crippen molar-refractivity contribution < 1.29 is 9.59 Å². The van der Waals surface area contributed by atoms with E-state index in [1.54, 1.807) is 41.7 Å². The molecular weight excluding hydrogens is 450 g/mol. The quantitative estimate of drug-likeness (QED) is 0.482. The highest BCUT2D eigenvalue weighted by molar-refractivity contribution is 6.30. The molecule has 8 heteroatoms. The van der Waals surface area contributed by atoms with Crippen LogP contribution in [0.1, 0.15) is 43.0 Å². The van der Waals surface area contributed by atoms with Crippen molar-refractivity contribution in [2.24, 2.45) is 0 Å². The Balaban J connectivity index is 1.78. The van der Waals surface area contributed by atoms with Crippen LogP contribution in [0.3, 0.4) is 0 Å². The van der Waals surface area contributed by atoms with Crippen LogP contribution < -0.4 is 4.48 Å². The van der Waals surface area contributed by atoms with Gasteiger partial charge in [-0.15, -0.1) is 0 Å². The van der Waals surface area contributed by atoms with E-state index in [1.807, 2.05) is 24.3 Å². The highest BCUT2D eigenvalue weighted by Crippen LogP contribution is 2.35. The third-order valence-corrected chi connectivity index (χ3v) is 6.61. The molecule has 1 N–H and O–H groups in total. The number of nitrogens with zero attached hydrogens (tertiary/aromatic N) is 4. The van der Waals surface area contributed by atoms with Gasteiger partial charge >= 0.3 is 5.91 Å². The minimum atomic E-state index is -0.568. The number of unbranched alkanes of at least 4 members (excludes halogenated alkanes) is 1. The first-order valence-electron chi connectivity index (χ1n) is 11.4. The minimum absolute atomic E-state index is 0.00403. The fraction of sp³-hybridized carbons (Fsp3) is 0.308. The maximum atomic E-state index is 14.3. The molecule has 1 aliphatic heterocycles. The molecule has 0 saturated carbocycles. The zero-order valence-corrected chi connectivity index (χ0v) is 19.8. The molecular formula is C26H27ClN5O2+. The van der Waals surface area contributed by atoms with Gasteiger partial charge in [-0.25, -0.2) is 14.3 Å². The van der Waals surface area contributed by atoms with Crippen molar-refractivity contribution in [3.63, 3.8) is 0 Å². The Labute approximate surface area is 204 Å². The van der Waals surface area contributed by atoms with Gasteiger partial charge in [-0.2, -0.15) is 5.26 Å². The van der Waals surface area contributed by atoms with Crippen molar-refractivity contribution in [3.05, 3.63) is 82.9 Å². The van der Waals surface area contributed by atoms with E-state index in [0.717, 1.165) is 24.1 Å². The minimum Gasteiger partial charge on any atom is -0.347 e. The number of carbonyl (C=O) groups is 2. The Morgan fingerprint density at radius 2 is 2.03 bits per heavy atom. The van der Waals surface area contributed by atoms with Crippen LogP contribution in [0, 0.1) is 11.3 Å². The molecule has 1 aliphatic rings. The Bertz CT molecular complexity index is 1200. The number of carbonyl (C=O) groups excluding carboxylic acids is 2. The number of nitriles is 1. The van der Waals surface area contributed by atoms with Gasteiger partial charge in [-0.1, -0.05) is 49.6 Å². The number of amides is 2. The van der Waals surface area contributed by atoms with Gasteiger partial charge in [0.05, 0.1) is 30.2 Å². The molecule has 1 fully saturated rings. The van der Waals surface area contributed by atoms with Gasteiger partial charge < -0.3 is 9.88 Å². The van der Waals surface area contributed by atoms with E-state index in [9.17, 15) is 9.59 Å². The van der Waals surface area contributed by atoms with E-state index in [2.05, 4.69) is 23.0 Å². The summed E-state index contributed by atoms with van der Waals surface area (Å²) in [6, 6.07) is 15.9. The van der Waals surface area contributed by atoms with Crippen LogP contribution in [0.15, 0.2) is 61.1 Å².